The normalized spacial score (nSPS) is 11.4. The highest BCUT2D eigenvalue weighted by Crippen LogP contribution is 2.16. The molecule has 0 bridgehead atoms. The van der Waals surface area contributed by atoms with Crippen molar-refractivity contribution in [2.75, 3.05) is 13.2 Å². The number of benzene rings is 1. The first kappa shape index (κ1) is 18.4. The largest absolute Gasteiger partial charge is 0.477 e. The molecule has 6 nitrogen and oxygen atoms in total. The highest BCUT2D eigenvalue weighted by Gasteiger charge is 2.21. The number of carbonyl (C=O) groups is 2. The average molecular weight is 342 g/mol. The number of nitrogens with one attached hydrogen (secondary N) is 1. The van der Waals surface area contributed by atoms with Gasteiger partial charge in [-0.3, -0.25) is 4.79 Å². The fourth-order valence-electron chi connectivity index (χ4n) is 2.19. The Morgan fingerprint density at radius 1 is 1.16 bits per heavy atom. The Morgan fingerprint density at radius 3 is 2.64 bits per heavy atom. The van der Waals surface area contributed by atoms with Crippen LogP contribution in [-0.2, 0) is 16.0 Å². The maximum atomic E-state index is 12.2. The van der Waals surface area contributed by atoms with Crippen LogP contribution in [0.5, 0.6) is 5.88 Å². The molecule has 1 amide bonds. The van der Waals surface area contributed by atoms with Crippen LogP contribution >= 0.6 is 0 Å². The van der Waals surface area contributed by atoms with Gasteiger partial charge in [0.1, 0.15) is 5.56 Å². The first-order valence-electron chi connectivity index (χ1n) is 8.22. The molecule has 132 valence electrons. The summed E-state index contributed by atoms with van der Waals surface area (Å²) >= 11 is 0. The maximum absolute atomic E-state index is 12.2. The molecule has 1 N–H and O–H groups in total. The molecule has 0 fully saturated rings. The Hall–Kier alpha value is -2.89. The quantitative estimate of drug-likeness (QED) is 0.745. The van der Waals surface area contributed by atoms with Gasteiger partial charge in [-0.2, -0.15) is 0 Å². The fourth-order valence-corrected chi connectivity index (χ4v) is 2.19. The van der Waals surface area contributed by atoms with E-state index in [0.29, 0.717) is 19.6 Å². The second-order valence-electron chi connectivity index (χ2n) is 5.36. The van der Waals surface area contributed by atoms with Gasteiger partial charge in [-0.25, -0.2) is 9.78 Å². The summed E-state index contributed by atoms with van der Waals surface area (Å²) in [7, 11) is 0. The van der Waals surface area contributed by atoms with Gasteiger partial charge >= 0.3 is 5.97 Å². The molecule has 6 heteroatoms. The highest BCUT2D eigenvalue weighted by molar-refractivity contribution is 5.94. The van der Waals surface area contributed by atoms with E-state index in [1.165, 1.54) is 13.1 Å². The fraction of sp³-hybridized carbons (Fsp3) is 0.316. The van der Waals surface area contributed by atoms with Crippen LogP contribution in [0.25, 0.3) is 0 Å². The number of nitrogens with zero attached hydrogens (tertiary/aromatic N) is 1. The van der Waals surface area contributed by atoms with Crippen LogP contribution < -0.4 is 10.1 Å². The predicted octanol–water partition coefficient (Wildman–Crippen LogP) is 2.38. The number of pyridine rings is 1. The number of rotatable bonds is 8. The van der Waals surface area contributed by atoms with Crippen molar-refractivity contribution in [3.8, 4) is 5.88 Å². The summed E-state index contributed by atoms with van der Waals surface area (Å²) in [6.07, 6.45) is 1.34. The minimum Gasteiger partial charge on any atom is -0.477 e. The topological polar surface area (TPSA) is 77.5 Å². The zero-order chi connectivity index (χ0) is 18.1. The van der Waals surface area contributed by atoms with E-state index in [-0.39, 0.29) is 17.4 Å². The smallest absolute Gasteiger partial charge is 0.344 e. The Labute approximate surface area is 147 Å². The molecule has 25 heavy (non-hydrogen) atoms. The monoisotopic (exact) mass is 342 g/mol. The van der Waals surface area contributed by atoms with Crippen molar-refractivity contribution in [1.82, 2.24) is 10.3 Å². The van der Waals surface area contributed by atoms with Crippen molar-refractivity contribution in [2.24, 2.45) is 0 Å². The molecular formula is C19H22N2O4. The number of carbonyl (C=O) groups excluding carboxylic acids is 2. The van der Waals surface area contributed by atoms with Crippen molar-refractivity contribution in [3.05, 3.63) is 59.8 Å². The van der Waals surface area contributed by atoms with E-state index in [0.717, 1.165) is 5.56 Å². The summed E-state index contributed by atoms with van der Waals surface area (Å²) in [5, 5.41) is 2.76. The number of hydrogen-bond donors (Lipinski definition) is 1. The third kappa shape index (κ3) is 5.60. The molecule has 1 unspecified atom stereocenters. The second kappa shape index (κ2) is 9.42. The van der Waals surface area contributed by atoms with Crippen LogP contribution in [0.2, 0.25) is 0 Å². The first-order valence-corrected chi connectivity index (χ1v) is 8.22. The van der Waals surface area contributed by atoms with Gasteiger partial charge in [0.05, 0.1) is 6.61 Å². The lowest BCUT2D eigenvalue weighted by Crippen LogP contribution is -2.37. The van der Waals surface area contributed by atoms with Crippen molar-refractivity contribution in [1.29, 1.82) is 0 Å². The number of aromatic nitrogens is 1. The lowest BCUT2D eigenvalue weighted by atomic mass is 10.1. The van der Waals surface area contributed by atoms with Gasteiger partial charge in [0.15, 0.2) is 6.10 Å². The molecule has 1 heterocycles. The minimum atomic E-state index is -0.905. The third-order valence-corrected chi connectivity index (χ3v) is 3.48. The zero-order valence-electron chi connectivity index (χ0n) is 14.4. The van der Waals surface area contributed by atoms with E-state index in [4.69, 9.17) is 9.47 Å². The van der Waals surface area contributed by atoms with Crippen LogP contribution in [-0.4, -0.2) is 36.1 Å². The molecule has 2 aromatic rings. The van der Waals surface area contributed by atoms with E-state index in [1.807, 2.05) is 30.3 Å². The standard InChI is InChI=1S/C19H22N2O4/c1-3-24-18-16(10-7-12-21-18)19(23)25-14(2)17(22)20-13-11-15-8-5-4-6-9-15/h4-10,12,14H,3,11,13H2,1-2H3,(H,20,22). The summed E-state index contributed by atoms with van der Waals surface area (Å²) in [6.45, 7) is 4.19. The van der Waals surface area contributed by atoms with E-state index >= 15 is 0 Å². The van der Waals surface area contributed by atoms with Crippen LogP contribution in [0, 0.1) is 0 Å². The molecule has 0 radical (unpaired) electrons. The molecule has 0 spiro atoms. The summed E-state index contributed by atoms with van der Waals surface area (Å²) < 4.78 is 10.5. The van der Waals surface area contributed by atoms with Crippen molar-refractivity contribution in [2.45, 2.75) is 26.4 Å². The second-order valence-corrected chi connectivity index (χ2v) is 5.36. The molecule has 1 atom stereocenters. The van der Waals surface area contributed by atoms with Crippen LogP contribution in [0.4, 0.5) is 0 Å². The molecule has 0 aliphatic carbocycles. The summed E-state index contributed by atoms with van der Waals surface area (Å²) in [5.41, 5.74) is 1.33. The van der Waals surface area contributed by atoms with Gasteiger partial charge in [0.2, 0.25) is 5.88 Å². The summed E-state index contributed by atoms with van der Waals surface area (Å²) in [5.74, 6) is -0.778. The third-order valence-electron chi connectivity index (χ3n) is 3.48. The lowest BCUT2D eigenvalue weighted by Gasteiger charge is -2.14. The van der Waals surface area contributed by atoms with Crippen molar-refractivity contribution >= 4 is 11.9 Å². The molecular weight excluding hydrogens is 320 g/mol. The van der Waals surface area contributed by atoms with Crippen molar-refractivity contribution < 1.29 is 19.1 Å². The zero-order valence-corrected chi connectivity index (χ0v) is 14.4. The number of hydrogen-bond acceptors (Lipinski definition) is 5. The average Bonchev–Trinajstić information content (AvgIpc) is 2.63. The Balaban J connectivity index is 1.85. The van der Waals surface area contributed by atoms with E-state index in [9.17, 15) is 9.59 Å². The Morgan fingerprint density at radius 2 is 1.92 bits per heavy atom. The minimum absolute atomic E-state index is 0.201. The lowest BCUT2D eigenvalue weighted by molar-refractivity contribution is -0.129. The Kier molecular flexibility index (Phi) is 6.95. The Bertz CT molecular complexity index is 704. The SMILES string of the molecule is CCOc1ncccc1C(=O)OC(C)C(=O)NCCc1ccccc1. The molecule has 1 aromatic carbocycles. The van der Waals surface area contributed by atoms with E-state index < -0.39 is 12.1 Å². The van der Waals surface area contributed by atoms with Gasteiger partial charge in [0, 0.05) is 12.7 Å². The van der Waals surface area contributed by atoms with E-state index in [1.54, 1.807) is 19.1 Å². The van der Waals surface area contributed by atoms with Crippen LogP contribution in [0.15, 0.2) is 48.7 Å². The molecule has 0 aliphatic rings. The van der Waals surface area contributed by atoms with Gasteiger partial charge in [0.25, 0.3) is 5.91 Å². The summed E-state index contributed by atoms with van der Waals surface area (Å²) in [4.78, 5) is 28.3. The predicted molar refractivity (Wildman–Crippen MR) is 93.4 cm³/mol. The van der Waals surface area contributed by atoms with Crippen molar-refractivity contribution in [3.63, 3.8) is 0 Å². The number of esters is 1. The van der Waals surface area contributed by atoms with Gasteiger partial charge in [-0.05, 0) is 38.0 Å². The summed E-state index contributed by atoms with van der Waals surface area (Å²) in [6, 6.07) is 13.0. The van der Waals surface area contributed by atoms with Gasteiger partial charge in [-0.1, -0.05) is 30.3 Å². The van der Waals surface area contributed by atoms with E-state index in [2.05, 4.69) is 10.3 Å². The molecule has 0 aliphatic heterocycles. The molecule has 0 saturated heterocycles. The number of ether oxygens (including phenoxy) is 2. The first-order chi connectivity index (χ1) is 12.1. The van der Waals surface area contributed by atoms with Gasteiger partial charge < -0.3 is 14.8 Å². The molecule has 1 aromatic heterocycles. The molecule has 2 rings (SSSR count). The maximum Gasteiger partial charge on any atom is 0.344 e. The highest BCUT2D eigenvalue weighted by atomic mass is 16.5. The van der Waals surface area contributed by atoms with Gasteiger partial charge in [-0.15, -0.1) is 0 Å². The van der Waals surface area contributed by atoms with Crippen LogP contribution in [0.1, 0.15) is 29.8 Å². The molecule has 0 saturated carbocycles. The van der Waals surface area contributed by atoms with Crippen LogP contribution in [0.3, 0.4) is 0 Å². The number of amides is 1.